The Morgan fingerprint density at radius 1 is 1.26 bits per heavy atom. The van der Waals surface area contributed by atoms with Gasteiger partial charge in [0.1, 0.15) is 0 Å². The number of hydrogen-bond donors (Lipinski definition) is 2. The van der Waals surface area contributed by atoms with Crippen LogP contribution in [0, 0.1) is 5.92 Å². The van der Waals surface area contributed by atoms with Crippen LogP contribution in [0.5, 0.6) is 0 Å². The van der Waals surface area contributed by atoms with Crippen LogP contribution in [0.25, 0.3) is 0 Å². The summed E-state index contributed by atoms with van der Waals surface area (Å²) in [7, 11) is -2.33. The zero-order valence-electron chi connectivity index (χ0n) is 13.0. The number of benzene rings is 1. The third-order valence-electron chi connectivity index (χ3n) is 4.10. The van der Waals surface area contributed by atoms with E-state index in [1.54, 1.807) is 0 Å². The van der Waals surface area contributed by atoms with Crippen molar-refractivity contribution >= 4 is 28.4 Å². The van der Waals surface area contributed by atoms with E-state index in [-0.39, 0.29) is 29.3 Å². The van der Waals surface area contributed by atoms with Gasteiger partial charge < -0.3 is 10.5 Å². The van der Waals surface area contributed by atoms with Crippen molar-refractivity contribution in [3.8, 4) is 0 Å². The molecule has 0 radical (unpaired) electrons. The summed E-state index contributed by atoms with van der Waals surface area (Å²) in [4.78, 5) is 11.5. The molecule has 0 aromatic heterocycles. The number of hydrogen-bond acceptors (Lipinski definition) is 5. The highest BCUT2D eigenvalue weighted by atomic mass is 35.5. The summed E-state index contributed by atoms with van der Waals surface area (Å²) in [5, 5.41) is 0. The molecule has 0 heterocycles. The highest BCUT2D eigenvalue weighted by Gasteiger charge is 2.28. The Labute approximate surface area is 143 Å². The zero-order valence-corrected chi connectivity index (χ0v) is 14.7. The quantitative estimate of drug-likeness (QED) is 0.776. The normalized spacial score (nSPS) is 21.3. The number of halogens is 1. The van der Waals surface area contributed by atoms with Crippen LogP contribution in [0.3, 0.4) is 0 Å². The van der Waals surface area contributed by atoms with Gasteiger partial charge in [-0.2, -0.15) is 0 Å². The molecule has 0 spiro atoms. The molecule has 2 rings (SSSR count). The SMILES string of the molecule is COC(=O)c1ccc(S(=O)(=O)NC2CCCCC2CN)cc1.Cl. The van der Waals surface area contributed by atoms with Gasteiger partial charge in [0.25, 0.3) is 0 Å². The molecule has 0 saturated heterocycles. The van der Waals surface area contributed by atoms with E-state index in [4.69, 9.17) is 5.73 Å². The van der Waals surface area contributed by atoms with E-state index in [0.717, 1.165) is 25.7 Å². The van der Waals surface area contributed by atoms with E-state index in [0.29, 0.717) is 12.1 Å². The van der Waals surface area contributed by atoms with Gasteiger partial charge in [-0.05, 0) is 49.6 Å². The fourth-order valence-electron chi connectivity index (χ4n) is 2.80. The first-order valence-electron chi connectivity index (χ1n) is 7.38. The molecule has 1 saturated carbocycles. The summed E-state index contributed by atoms with van der Waals surface area (Å²) in [6, 6.07) is 5.59. The van der Waals surface area contributed by atoms with Gasteiger partial charge in [-0.3, -0.25) is 0 Å². The van der Waals surface area contributed by atoms with Gasteiger partial charge in [-0.15, -0.1) is 12.4 Å². The molecule has 130 valence electrons. The van der Waals surface area contributed by atoms with Crippen LogP contribution < -0.4 is 10.5 Å². The number of rotatable bonds is 5. The second-order valence-corrected chi connectivity index (χ2v) is 7.24. The van der Waals surface area contributed by atoms with E-state index < -0.39 is 16.0 Å². The molecule has 0 aliphatic heterocycles. The largest absolute Gasteiger partial charge is 0.465 e. The van der Waals surface area contributed by atoms with E-state index in [9.17, 15) is 13.2 Å². The molecule has 1 aromatic rings. The number of sulfonamides is 1. The van der Waals surface area contributed by atoms with Gasteiger partial charge >= 0.3 is 5.97 Å². The summed E-state index contributed by atoms with van der Waals surface area (Å²) in [6.45, 7) is 0.481. The third kappa shape index (κ3) is 4.91. The van der Waals surface area contributed by atoms with Gasteiger partial charge in [0.2, 0.25) is 10.0 Å². The van der Waals surface area contributed by atoms with Gasteiger partial charge in [0.15, 0.2) is 0 Å². The Morgan fingerprint density at radius 2 is 1.87 bits per heavy atom. The minimum Gasteiger partial charge on any atom is -0.465 e. The zero-order chi connectivity index (χ0) is 16.2. The maximum Gasteiger partial charge on any atom is 0.337 e. The molecule has 2 unspecified atom stereocenters. The molecular formula is C15H23ClN2O4S. The number of nitrogens with two attached hydrogens (primary N) is 1. The number of methoxy groups -OCH3 is 1. The first kappa shape index (κ1) is 19.9. The second-order valence-electron chi connectivity index (χ2n) is 5.52. The molecule has 3 N–H and O–H groups in total. The number of carbonyl (C=O) groups excluding carboxylic acids is 1. The molecule has 0 bridgehead atoms. The van der Waals surface area contributed by atoms with Crippen LogP contribution in [0.1, 0.15) is 36.0 Å². The van der Waals surface area contributed by atoms with Crippen LogP contribution in [0.15, 0.2) is 29.2 Å². The third-order valence-corrected chi connectivity index (χ3v) is 5.61. The Morgan fingerprint density at radius 3 is 2.43 bits per heavy atom. The number of esters is 1. The molecule has 6 nitrogen and oxygen atoms in total. The van der Waals surface area contributed by atoms with Crippen molar-refractivity contribution in [2.45, 2.75) is 36.6 Å². The standard InChI is InChI=1S/C15H22N2O4S.ClH/c1-21-15(18)11-6-8-13(9-7-11)22(19,20)17-14-5-3-2-4-12(14)10-16;/h6-9,12,14,17H,2-5,10,16H2,1H3;1H. The van der Waals surface area contributed by atoms with Gasteiger partial charge in [0.05, 0.1) is 17.6 Å². The lowest BCUT2D eigenvalue weighted by molar-refractivity contribution is 0.0600. The van der Waals surface area contributed by atoms with Crippen LogP contribution in [0.4, 0.5) is 0 Å². The Hall–Kier alpha value is -1.15. The Balaban J connectivity index is 0.00000264. The van der Waals surface area contributed by atoms with Crippen molar-refractivity contribution in [2.75, 3.05) is 13.7 Å². The highest BCUT2D eigenvalue weighted by molar-refractivity contribution is 7.89. The fourth-order valence-corrected chi connectivity index (χ4v) is 4.14. The average Bonchev–Trinajstić information content (AvgIpc) is 2.54. The number of nitrogens with one attached hydrogen (secondary N) is 1. The number of ether oxygens (including phenoxy) is 1. The first-order chi connectivity index (χ1) is 10.5. The van der Waals surface area contributed by atoms with Crippen LogP contribution in [-0.2, 0) is 14.8 Å². The van der Waals surface area contributed by atoms with Gasteiger partial charge in [0, 0.05) is 6.04 Å². The van der Waals surface area contributed by atoms with Gasteiger partial charge in [-0.25, -0.2) is 17.9 Å². The summed E-state index contributed by atoms with van der Waals surface area (Å²) in [5.41, 5.74) is 6.05. The van der Waals surface area contributed by atoms with Crippen molar-refractivity contribution < 1.29 is 17.9 Å². The van der Waals surface area contributed by atoms with Crippen LogP contribution >= 0.6 is 12.4 Å². The molecule has 8 heteroatoms. The maximum atomic E-state index is 12.4. The van der Waals surface area contributed by atoms with E-state index in [1.807, 2.05) is 0 Å². The fraction of sp³-hybridized carbons (Fsp3) is 0.533. The predicted octanol–water partition coefficient (Wildman–Crippen LogP) is 1.69. The Kier molecular flexibility index (Phi) is 7.47. The molecule has 23 heavy (non-hydrogen) atoms. The highest BCUT2D eigenvalue weighted by Crippen LogP contribution is 2.25. The van der Waals surface area contributed by atoms with Crippen molar-refractivity contribution in [1.29, 1.82) is 0 Å². The molecular weight excluding hydrogens is 340 g/mol. The Bertz CT molecular complexity index is 619. The number of carbonyl (C=O) groups is 1. The molecule has 1 fully saturated rings. The second kappa shape index (κ2) is 8.63. The molecule has 1 aromatic carbocycles. The summed E-state index contributed by atoms with van der Waals surface area (Å²) >= 11 is 0. The summed E-state index contributed by atoms with van der Waals surface area (Å²) in [5.74, 6) is -0.315. The minimum absolute atomic E-state index is 0. The smallest absolute Gasteiger partial charge is 0.337 e. The monoisotopic (exact) mass is 362 g/mol. The lowest BCUT2D eigenvalue weighted by Crippen LogP contribution is -2.44. The van der Waals surface area contributed by atoms with Gasteiger partial charge in [-0.1, -0.05) is 12.8 Å². The average molecular weight is 363 g/mol. The lowest BCUT2D eigenvalue weighted by Gasteiger charge is -2.31. The van der Waals surface area contributed by atoms with Crippen molar-refractivity contribution in [3.05, 3.63) is 29.8 Å². The lowest BCUT2D eigenvalue weighted by atomic mass is 9.85. The summed E-state index contributed by atoms with van der Waals surface area (Å²) < 4.78 is 32.2. The van der Waals surface area contributed by atoms with Crippen molar-refractivity contribution in [2.24, 2.45) is 11.7 Å². The predicted molar refractivity (Wildman–Crippen MR) is 90.2 cm³/mol. The maximum absolute atomic E-state index is 12.4. The van der Waals surface area contributed by atoms with Crippen molar-refractivity contribution in [1.82, 2.24) is 4.72 Å². The topological polar surface area (TPSA) is 98.5 Å². The minimum atomic E-state index is -3.61. The first-order valence-corrected chi connectivity index (χ1v) is 8.87. The van der Waals surface area contributed by atoms with Crippen molar-refractivity contribution in [3.63, 3.8) is 0 Å². The van der Waals surface area contributed by atoms with E-state index >= 15 is 0 Å². The van der Waals surface area contributed by atoms with Crippen LogP contribution in [-0.4, -0.2) is 34.1 Å². The molecule has 2 atom stereocenters. The molecule has 1 aliphatic rings. The molecule has 1 aliphatic carbocycles. The van der Waals surface area contributed by atoms with E-state index in [2.05, 4.69) is 9.46 Å². The summed E-state index contributed by atoms with van der Waals surface area (Å²) in [6.07, 6.45) is 3.85. The molecule has 0 amide bonds. The van der Waals surface area contributed by atoms with Crippen LogP contribution in [0.2, 0.25) is 0 Å². The van der Waals surface area contributed by atoms with E-state index in [1.165, 1.54) is 31.4 Å².